The Balaban J connectivity index is 1.71. The molecule has 1 amide bonds. The third kappa shape index (κ3) is 3.22. The maximum absolute atomic E-state index is 12.6. The van der Waals surface area contributed by atoms with Crippen molar-refractivity contribution in [1.29, 1.82) is 0 Å². The van der Waals surface area contributed by atoms with Crippen LogP contribution < -0.4 is 10.6 Å². The highest BCUT2D eigenvalue weighted by molar-refractivity contribution is 5.97. The van der Waals surface area contributed by atoms with Crippen molar-refractivity contribution in [1.82, 2.24) is 5.32 Å². The molecule has 0 bridgehead atoms. The van der Waals surface area contributed by atoms with Gasteiger partial charge in [-0.3, -0.25) is 4.79 Å². The van der Waals surface area contributed by atoms with E-state index in [4.69, 9.17) is 0 Å². The lowest BCUT2D eigenvalue weighted by Crippen LogP contribution is -2.39. The molecule has 3 rings (SSSR count). The maximum Gasteiger partial charge on any atom is 0.251 e. The fraction of sp³-hybridized carbons (Fsp3) is 0.611. The number of anilines is 1. The molecule has 0 spiro atoms. The minimum absolute atomic E-state index is 0.123. The molecule has 2 aliphatic rings. The Labute approximate surface area is 127 Å². The molecule has 21 heavy (non-hydrogen) atoms. The van der Waals surface area contributed by atoms with E-state index in [1.165, 1.54) is 24.8 Å². The zero-order valence-electron chi connectivity index (χ0n) is 13.0. The van der Waals surface area contributed by atoms with Gasteiger partial charge >= 0.3 is 0 Å². The van der Waals surface area contributed by atoms with E-state index < -0.39 is 0 Å². The molecule has 1 saturated carbocycles. The van der Waals surface area contributed by atoms with Crippen LogP contribution in [0.4, 0.5) is 5.69 Å². The minimum Gasteiger partial charge on any atom is -0.385 e. The van der Waals surface area contributed by atoms with Gasteiger partial charge in [0.1, 0.15) is 0 Å². The van der Waals surface area contributed by atoms with Crippen LogP contribution in [0, 0.1) is 5.92 Å². The summed E-state index contributed by atoms with van der Waals surface area (Å²) < 4.78 is 0. The molecule has 1 aliphatic heterocycles. The summed E-state index contributed by atoms with van der Waals surface area (Å²) in [6, 6.07) is 6.41. The molecule has 0 radical (unpaired) electrons. The number of nitrogens with one attached hydrogen (secondary N) is 2. The van der Waals surface area contributed by atoms with Crippen molar-refractivity contribution in [3.05, 3.63) is 29.3 Å². The molecule has 1 aromatic carbocycles. The lowest BCUT2D eigenvalue weighted by Gasteiger charge is -2.29. The van der Waals surface area contributed by atoms with Gasteiger partial charge in [0.05, 0.1) is 0 Å². The first-order valence-electron chi connectivity index (χ1n) is 8.44. The lowest BCUT2D eigenvalue weighted by atomic mass is 9.84. The Morgan fingerprint density at radius 1 is 1.33 bits per heavy atom. The first-order chi connectivity index (χ1) is 10.3. The van der Waals surface area contributed by atoms with Crippen LogP contribution >= 0.6 is 0 Å². The van der Waals surface area contributed by atoms with E-state index in [1.54, 1.807) is 0 Å². The highest BCUT2D eigenvalue weighted by Gasteiger charge is 2.24. The van der Waals surface area contributed by atoms with Crippen molar-refractivity contribution in [2.45, 2.75) is 57.9 Å². The molecule has 2 atom stereocenters. The van der Waals surface area contributed by atoms with E-state index in [9.17, 15) is 4.79 Å². The topological polar surface area (TPSA) is 41.1 Å². The van der Waals surface area contributed by atoms with Crippen LogP contribution in [-0.2, 0) is 6.42 Å². The van der Waals surface area contributed by atoms with Crippen LogP contribution in [0.5, 0.6) is 0 Å². The fourth-order valence-electron chi connectivity index (χ4n) is 3.78. The number of carbonyl (C=O) groups excluding carboxylic acids is 1. The van der Waals surface area contributed by atoms with E-state index in [0.717, 1.165) is 49.4 Å². The molecule has 2 unspecified atom stereocenters. The van der Waals surface area contributed by atoms with Crippen molar-refractivity contribution in [3.63, 3.8) is 0 Å². The average Bonchev–Trinajstić information content (AvgIpc) is 2.54. The van der Waals surface area contributed by atoms with E-state index in [2.05, 4.69) is 23.6 Å². The van der Waals surface area contributed by atoms with Gasteiger partial charge in [-0.2, -0.15) is 0 Å². The molecule has 1 aromatic rings. The second kappa shape index (κ2) is 6.50. The fourth-order valence-corrected chi connectivity index (χ4v) is 3.78. The van der Waals surface area contributed by atoms with Crippen LogP contribution in [-0.4, -0.2) is 18.5 Å². The average molecular weight is 286 g/mol. The molecule has 1 aliphatic carbocycles. The van der Waals surface area contributed by atoms with Crippen molar-refractivity contribution in [2.24, 2.45) is 5.92 Å². The number of hydrogen-bond donors (Lipinski definition) is 2. The van der Waals surface area contributed by atoms with Crippen LogP contribution in [0.15, 0.2) is 18.2 Å². The van der Waals surface area contributed by atoms with Gasteiger partial charge in [-0.05, 0) is 49.3 Å². The number of rotatable bonds is 3. The summed E-state index contributed by atoms with van der Waals surface area (Å²) in [5, 5.41) is 6.68. The van der Waals surface area contributed by atoms with E-state index in [0.29, 0.717) is 6.04 Å². The zero-order chi connectivity index (χ0) is 14.7. The number of carbonyl (C=O) groups is 1. The van der Waals surface area contributed by atoms with E-state index >= 15 is 0 Å². The summed E-state index contributed by atoms with van der Waals surface area (Å²) in [7, 11) is 0. The second-order valence-corrected chi connectivity index (χ2v) is 6.47. The van der Waals surface area contributed by atoms with Crippen LogP contribution in [0.1, 0.15) is 61.4 Å². The molecule has 3 nitrogen and oxygen atoms in total. The Morgan fingerprint density at radius 2 is 2.24 bits per heavy atom. The Morgan fingerprint density at radius 3 is 3.10 bits per heavy atom. The number of amides is 1. The molecule has 3 heteroatoms. The summed E-state index contributed by atoms with van der Waals surface area (Å²) in [6.45, 7) is 3.27. The summed E-state index contributed by atoms with van der Waals surface area (Å²) in [5.41, 5.74) is 3.21. The molecule has 0 saturated heterocycles. The minimum atomic E-state index is 0.123. The molecule has 1 fully saturated rings. The van der Waals surface area contributed by atoms with Gasteiger partial charge in [-0.25, -0.2) is 0 Å². The zero-order valence-corrected chi connectivity index (χ0v) is 13.0. The number of hydrogen-bond acceptors (Lipinski definition) is 2. The summed E-state index contributed by atoms with van der Waals surface area (Å²) in [4.78, 5) is 12.6. The Kier molecular flexibility index (Phi) is 4.47. The Hall–Kier alpha value is -1.51. The van der Waals surface area contributed by atoms with Gasteiger partial charge in [0.25, 0.3) is 5.91 Å². The van der Waals surface area contributed by atoms with Gasteiger partial charge in [-0.1, -0.05) is 32.3 Å². The SMILES string of the molecule is CCC1CCCC(NC(=O)c2cccc3c2CCCN3)C1. The standard InChI is InChI=1S/C18H26N2O/c1-2-13-6-3-7-14(12-13)20-18(21)16-8-4-10-17-15(16)9-5-11-19-17/h4,8,10,13-14,19H,2-3,5-7,9,11-12H2,1H3,(H,20,21). The third-order valence-corrected chi connectivity index (χ3v) is 5.04. The predicted octanol–water partition coefficient (Wildman–Crippen LogP) is 3.74. The monoisotopic (exact) mass is 286 g/mol. The molecule has 114 valence electrons. The van der Waals surface area contributed by atoms with Crippen LogP contribution in [0.25, 0.3) is 0 Å². The van der Waals surface area contributed by atoms with Gasteiger partial charge in [0, 0.05) is 23.8 Å². The Bertz CT molecular complexity index is 512. The maximum atomic E-state index is 12.6. The first kappa shape index (κ1) is 14.4. The largest absolute Gasteiger partial charge is 0.385 e. The van der Waals surface area contributed by atoms with Crippen LogP contribution in [0.3, 0.4) is 0 Å². The second-order valence-electron chi connectivity index (χ2n) is 6.47. The first-order valence-corrected chi connectivity index (χ1v) is 8.44. The highest BCUT2D eigenvalue weighted by atomic mass is 16.1. The molecule has 2 N–H and O–H groups in total. The highest BCUT2D eigenvalue weighted by Crippen LogP contribution is 2.28. The van der Waals surface area contributed by atoms with Gasteiger partial charge in [-0.15, -0.1) is 0 Å². The quantitative estimate of drug-likeness (QED) is 0.888. The predicted molar refractivity (Wildman–Crippen MR) is 86.8 cm³/mol. The van der Waals surface area contributed by atoms with Gasteiger partial charge in [0.2, 0.25) is 0 Å². The number of fused-ring (bicyclic) bond motifs is 1. The van der Waals surface area contributed by atoms with Crippen molar-refractivity contribution in [2.75, 3.05) is 11.9 Å². The summed E-state index contributed by atoms with van der Waals surface area (Å²) in [6.07, 6.45) is 8.21. The summed E-state index contributed by atoms with van der Waals surface area (Å²) in [5.74, 6) is 0.910. The molecule has 1 heterocycles. The molecule has 0 aromatic heterocycles. The summed E-state index contributed by atoms with van der Waals surface area (Å²) >= 11 is 0. The number of benzene rings is 1. The van der Waals surface area contributed by atoms with Gasteiger partial charge in [0.15, 0.2) is 0 Å². The van der Waals surface area contributed by atoms with Crippen molar-refractivity contribution >= 4 is 11.6 Å². The smallest absolute Gasteiger partial charge is 0.251 e. The van der Waals surface area contributed by atoms with E-state index in [1.807, 2.05) is 12.1 Å². The van der Waals surface area contributed by atoms with Crippen molar-refractivity contribution < 1.29 is 4.79 Å². The normalized spacial score (nSPS) is 24.8. The third-order valence-electron chi connectivity index (χ3n) is 5.04. The van der Waals surface area contributed by atoms with Gasteiger partial charge < -0.3 is 10.6 Å². The lowest BCUT2D eigenvalue weighted by molar-refractivity contribution is 0.0918. The molecular weight excluding hydrogens is 260 g/mol. The van der Waals surface area contributed by atoms with Crippen molar-refractivity contribution in [3.8, 4) is 0 Å². The van der Waals surface area contributed by atoms with Crippen LogP contribution in [0.2, 0.25) is 0 Å². The molecular formula is C18H26N2O. The van der Waals surface area contributed by atoms with E-state index in [-0.39, 0.29) is 5.91 Å².